The predicted molar refractivity (Wildman–Crippen MR) is 109 cm³/mol. The summed E-state index contributed by atoms with van der Waals surface area (Å²) < 4.78 is 19.8. The summed E-state index contributed by atoms with van der Waals surface area (Å²) in [7, 11) is 1.77. The lowest BCUT2D eigenvalue weighted by molar-refractivity contribution is -0.127. The average Bonchev–Trinajstić information content (AvgIpc) is 3.07. The van der Waals surface area contributed by atoms with Gasteiger partial charge < -0.3 is 15.5 Å². The third-order valence-corrected chi connectivity index (χ3v) is 5.26. The highest BCUT2D eigenvalue weighted by molar-refractivity contribution is 7.99. The highest BCUT2D eigenvalue weighted by Gasteiger charge is 2.15. The Hall–Kier alpha value is -3.07. The fraction of sp³-hybridized carbons (Fsp3) is 0.250. The Morgan fingerprint density at radius 3 is 2.66 bits per heavy atom. The number of carbonyl (C=O) groups is 1. The smallest absolute Gasteiger partial charge is 0.233 e. The predicted octanol–water partition coefficient (Wildman–Crippen LogP) is 2.77. The number of thioether (sulfide) groups is 1. The molecule has 2 N–H and O–H groups in total. The monoisotopic (exact) mass is 415 g/mol. The first-order valence-corrected chi connectivity index (χ1v) is 9.91. The average molecular weight is 415 g/mol. The molecule has 0 saturated carbocycles. The van der Waals surface area contributed by atoms with Crippen molar-refractivity contribution in [2.75, 3.05) is 18.6 Å². The molecule has 0 atom stereocenters. The molecule has 0 unspecified atom stereocenters. The number of ether oxygens (including phenoxy) is 1. The first-order chi connectivity index (χ1) is 13.9. The number of nitrogen functional groups attached to an aromatic ring is 1. The lowest BCUT2D eigenvalue weighted by atomic mass is 10.1. The highest BCUT2D eigenvalue weighted by Crippen LogP contribution is 2.18. The van der Waals surface area contributed by atoms with E-state index in [9.17, 15) is 9.18 Å². The van der Waals surface area contributed by atoms with Crippen molar-refractivity contribution in [2.45, 2.75) is 25.2 Å². The van der Waals surface area contributed by atoms with Crippen molar-refractivity contribution < 1.29 is 13.9 Å². The first kappa shape index (κ1) is 20.7. The Morgan fingerprint density at radius 1 is 1.21 bits per heavy atom. The zero-order valence-corrected chi connectivity index (χ0v) is 17.0. The van der Waals surface area contributed by atoms with Crippen molar-refractivity contribution in [2.24, 2.45) is 0 Å². The Morgan fingerprint density at radius 2 is 1.93 bits per heavy atom. The number of aromatic nitrogens is 3. The maximum atomic E-state index is 12.9. The summed E-state index contributed by atoms with van der Waals surface area (Å²) in [4.78, 5) is 14.1. The van der Waals surface area contributed by atoms with Crippen LogP contribution in [0, 0.1) is 12.7 Å². The minimum absolute atomic E-state index is 0.0367. The van der Waals surface area contributed by atoms with Crippen LogP contribution >= 0.6 is 11.8 Å². The number of hydrogen-bond acceptors (Lipinski definition) is 6. The van der Waals surface area contributed by atoms with Gasteiger partial charge >= 0.3 is 0 Å². The minimum atomic E-state index is -0.338. The SMILES string of the molecule is Cc1ccccc1CN(C)C(=O)CSc1nnc(COc2ccc(F)cc2)n1N. The van der Waals surface area contributed by atoms with E-state index < -0.39 is 0 Å². The minimum Gasteiger partial charge on any atom is -0.486 e. The van der Waals surface area contributed by atoms with Crippen molar-refractivity contribution in [1.29, 1.82) is 0 Å². The maximum absolute atomic E-state index is 12.9. The molecule has 1 amide bonds. The van der Waals surface area contributed by atoms with Gasteiger partial charge in [-0.05, 0) is 42.3 Å². The molecule has 0 aliphatic heterocycles. The molecule has 29 heavy (non-hydrogen) atoms. The quantitative estimate of drug-likeness (QED) is 0.450. The zero-order chi connectivity index (χ0) is 20.8. The lowest BCUT2D eigenvalue weighted by Crippen LogP contribution is -2.28. The van der Waals surface area contributed by atoms with E-state index in [0.717, 1.165) is 11.1 Å². The van der Waals surface area contributed by atoms with Crippen LogP contribution in [0.25, 0.3) is 0 Å². The number of rotatable bonds is 8. The van der Waals surface area contributed by atoms with Gasteiger partial charge in [0.05, 0.1) is 5.75 Å². The molecule has 0 bridgehead atoms. The summed E-state index contributed by atoms with van der Waals surface area (Å²) >= 11 is 1.21. The lowest BCUT2D eigenvalue weighted by Gasteiger charge is -2.18. The van der Waals surface area contributed by atoms with Gasteiger partial charge in [-0.25, -0.2) is 9.07 Å². The van der Waals surface area contributed by atoms with Gasteiger partial charge in [0.2, 0.25) is 11.1 Å². The molecule has 1 aromatic heterocycles. The summed E-state index contributed by atoms with van der Waals surface area (Å²) in [5, 5.41) is 8.42. The topological polar surface area (TPSA) is 86.3 Å². The Balaban J connectivity index is 1.52. The van der Waals surface area contributed by atoms with Crippen LogP contribution in [0.4, 0.5) is 4.39 Å². The third-order valence-electron chi connectivity index (χ3n) is 4.34. The fourth-order valence-electron chi connectivity index (χ4n) is 2.55. The van der Waals surface area contributed by atoms with Gasteiger partial charge in [-0.1, -0.05) is 36.0 Å². The van der Waals surface area contributed by atoms with Crippen LogP contribution in [0.1, 0.15) is 17.0 Å². The van der Waals surface area contributed by atoms with Gasteiger partial charge in [-0.2, -0.15) is 0 Å². The van der Waals surface area contributed by atoms with Crippen molar-refractivity contribution in [1.82, 2.24) is 19.8 Å². The molecule has 0 aliphatic carbocycles. The number of aryl methyl sites for hydroxylation is 1. The zero-order valence-electron chi connectivity index (χ0n) is 16.2. The summed E-state index contributed by atoms with van der Waals surface area (Å²) in [6.45, 7) is 2.64. The summed E-state index contributed by atoms with van der Waals surface area (Å²) in [6, 6.07) is 13.6. The second-order valence-corrected chi connectivity index (χ2v) is 7.42. The number of halogens is 1. The number of benzene rings is 2. The van der Waals surface area contributed by atoms with Crippen LogP contribution < -0.4 is 10.6 Å². The second kappa shape index (κ2) is 9.42. The molecule has 7 nitrogen and oxygen atoms in total. The molecular formula is C20H22FN5O2S. The molecule has 152 valence electrons. The molecule has 3 aromatic rings. The Kier molecular flexibility index (Phi) is 6.71. The molecule has 1 heterocycles. The van der Waals surface area contributed by atoms with E-state index in [2.05, 4.69) is 10.2 Å². The van der Waals surface area contributed by atoms with E-state index in [1.807, 2.05) is 31.2 Å². The standard InChI is InChI=1S/C20H22FN5O2S/c1-14-5-3-4-6-15(14)11-25(2)19(27)13-29-20-24-23-18(26(20)22)12-28-17-9-7-16(21)8-10-17/h3-10H,11-13,22H2,1-2H3. The summed E-state index contributed by atoms with van der Waals surface area (Å²) in [5.74, 6) is 6.72. The summed E-state index contributed by atoms with van der Waals surface area (Å²) in [6.07, 6.45) is 0. The van der Waals surface area contributed by atoms with E-state index in [1.54, 1.807) is 11.9 Å². The Labute approximate surface area is 172 Å². The number of nitrogens with two attached hydrogens (primary N) is 1. The maximum Gasteiger partial charge on any atom is 0.233 e. The molecule has 0 fully saturated rings. The van der Waals surface area contributed by atoms with E-state index in [0.29, 0.717) is 23.3 Å². The third kappa shape index (κ3) is 5.47. The van der Waals surface area contributed by atoms with E-state index >= 15 is 0 Å². The number of carbonyl (C=O) groups excluding carboxylic acids is 1. The van der Waals surface area contributed by atoms with Crippen molar-refractivity contribution in [3.05, 3.63) is 71.3 Å². The van der Waals surface area contributed by atoms with Crippen LogP contribution in [-0.4, -0.2) is 38.5 Å². The van der Waals surface area contributed by atoms with Crippen molar-refractivity contribution in [3.8, 4) is 5.75 Å². The van der Waals surface area contributed by atoms with Crippen molar-refractivity contribution in [3.63, 3.8) is 0 Å². The second-order valence-electron chi connectivity index (χ2n) is 6.48. The number of amides is 1. The van der Waals surface area contributed by atoms with Crippen LogP contribution in [-0.2, 0) is 17.9 Å². The van der Waals surface area contributed by atoms with Gasteiger partial charge in [-0.15, -0.1) is 10.2 Å². The largest absolute Gasteiger partial charge is 0.486 e. The number of hydrogen-bond donors (Lipinski definition) is 1. The molecule has 0 radical (unpaired) electrons. The van der Waals surface area contributed by atoms with Crippen LogP contribution in [0.2, 0.25) is 0 Å². The molecule has 2 aromatic carbocycles. The molecule has 0 saturated heterocycles. The van der Waals surface area contributed by atoms with Gasteiger partial charge in [0.15, 0.2) is 5.82 Å². The summed E-state index contributed by atoms with van der Waals surface area (Å²) in [5.41, 5.74) is 2.25. The van der Waals surface area contributed by atoms with Crippen LogP contribution in [0.5, 0.6) is 5.75 Å². The van der Waals surface area contributed by atoms with Gasteiger partial charge in [0.25, 0.3) is 0 Å². The Bertz CT molecular complexity index is 977. The van der Waals surface area contributed by atoms with E-state index in [-0.39, 0.29) is 24.1 Å². The highest BCUT2D eigenvalue weighted by atomic mass is 32.2. The van der Waals surface area contributed by atoms with E-state index in [1.165, 1.54) is 40.7 Å². The fourth-order valence-corrected chi connectivity index (χ4v) is 3.37. The first-order valence-electron chi connectivity index (χ1n) is 8.93. The number of nitrogens with zero attached hydrogens (tertiary/aromatic N) is 4. The van der Waals surface area contributed by atoms with Gasteiger partial charge in [0, 0.05) is 13.6 Å². The van der Waals surface area contributed by atoms with Gasteiger partial charge in [0.1, 0.15) is 18.2 Å². The van der Waals surface area contributed by atoms with Gasteiger partial charge in [-0.3, -0.25) is 4.79 Å². The normalized spacial score (nSPS) is 10.7. The van der Waals surface area contributed by atoms with Crippen LogP contribution in [0.3, 0.4) is 0 Å². The van der Waals surface area contributed by atoms with E-state index in [4.69, 9.17) is 10.6 Å². The molecule has 0 aliphatic rings. The molecule has 3 rings (SSSR count). The molecular weight excluding hydrogens is 393 g/mol. The van der Waals surface area contributed by atoms with Crippen molar-refractivity contribution >= 4 is 17.7 Å². The molecule has 0 spiro atoms. The molecule has 9 heteroatoms. The van der Waals surface area contributed by atoms with Crippen LogP contribution in [0.15, 0.2) is 53.7 Å².